The van der Waals surface area contributed by atoms with E-state index < -0.39 is 21.0 Å². The van der Waals surface area contributed by atoms with Crippen LogP contribution in [0.4, 0.5) is 0 Å². The molecule has 1 aromatic rings. The summed E-state index contributed by atoms with van der Waals surface area (Å²) in [4.78, 5) is 3.07. The number of aryl methyl sites for hydroxylation is 1. The van der Waals surface area contributed by atoms with Crippen molar-refractivity contribution in [1.29, 1.82) is 5.39 Å². The molecule has 0 saturated heterocycles. The minimum atomic E-state index is -3.81. The SMILES string of the molecule is CCCC(/C([N+]#N)=C(\O)OCC)S(=O)(=O)c1ccc(C)cc1. The van der Waals surface area contributed by atoms with Gasteiger partial charge >= 0.3 is 11.6 Å². The van der Waals surface area contributed by atoms with Gasteiger partial charge in [0.2, 0.25) is 5.39 Å². The van der Waals surface area contributed by atoms with Gasteiger partial charge in [0.05, 0.1) is 11.5 Å². The number of hydrogen-bond donors (Lipinski definition) is 1. The van der Waals surface area contributed by atoms with Gasteiger partial charge in [0, 0.05) is 0 Å². The molecule has 22 heavy (non-hydrogen) atoms. The maximum Gasteiger partial charge on any atom is 0.458 e. The number of hydrogen-bond acceptors (Lipinski definition) is 5. The molecule has 1 unspecified atom stereocenters. The van der Waals surface area contributed by atoms with Gasteiger partial charge in [-0.2, -0.15) is 0 Å². The topological polar surface area (TPSA) is 91.8 Å². The van der Waals surface area contributed by atoms with Crippen molar-refractivity contribution in [2.24, 2.45) is 0 Å². The highest BCUT2D eigenvalue weighted by Gasteiger charge is 2.42. The molecule has 0 aliphatic rings. The Balaban J connectivity index is 3.38. The number of sulfone groups is 1. The Bertz CT molecular complexity index is 672. The normalized spacial score (nSPS) is 13.9. The van der Waals surface area contributed by atoms with Gasteiger partial charge < -0.3 is 9.84 Å². The van der Waals surface area contributed by atoms with Gasteiger partial charge in [-0.1, -0.05) is 31.0 Å². The number of rotatable bonds is 7. The van der Waals surface area contributed by atoms with E-state index in [2.05, 4.69) is 4.98 Å². The second kappa shape index (κ2) is 7.80. The first-order valence-corrected chi connectivity index (χ1v) is 8.64. The molecule has 0 saturated carbocycles. The molecule has 7 heteroatoms. The first-order valence-electron chi connectivity index (χ1n) is 7.10. The smallest absolute Gasteiger partial charge is 0.458 e. The largest absolute Gasteiger partial charge is 0.475 e. The number of benzene rings is 1. The molecule has 0 radical (unpaired) electrons. The molecule has 1 N–H and O–H groups in total. The first kappa shape index (κ1) is 18.0. The molecule has 0 aliphatic carbocycles. The molecule has 0 spiro atoms. The highest BCUT2D eigenvalue weighted by atomic mass is 32.2. The molecule has 0 aliphatic heterocycles. The van der Waals surface area contributed by atoms with Crippen molar-refractivity contribution in [3.05, 3.63) is 46.4 Å². The van der Waals surface area contributed by atoms with Gasteiger partial charge in [0.1, 0.15) is 0 Å². The zero-order valence-corrected chi connectivity index (χ0v) is 13.8. The van der Waals surface area contributed by atoms with E-state index in [0.29, 0.717) is 6.42 Å². The Morgan fingerprint density at radius 2 is 1.91 bits per heavy atom. The number of ether oxygens (including phenoxy) is 1. The van der Waals surface area contributed by atoms with Crippen molar-refractivity contribution >= 4 is 9.84 Å². The number of diazo groups is 1. The van der Waals surface area contributed by atoms with Gasteiger partial charge in [0.15, 0.2) is 20.1 Å². The first-order chi connectivity index (χ1) is 10.4. The molecule has 0 amide bonds. The third-order valence-corrected chi connectivity index (χ3v) is 5.33. The predicted molar refractivity (Wildman–Crippen MR) is 83.4 cm³/mol. The van der Waals surface area contributed by atoms with Crippen molar-refractivity contribution in [1.82, 2.24) is 0 Å². The predicted octanol–water partition coefficient (Wildman–Crippen LogP) is 3.55. The van der Waals surface area contributed by atoms with E-state index in [9.17, 15) is 13.5 Å². The van der Waals surface area contributed by atoms with Gasteiger partial charge in [-0.3, -0.25) is 0 Å². The lowest BCUT2D eigenvalue weighted by Gasteiger charge is -2.12. The Hall–Kier alpha value is -2.07. The van der Waals surface area contributed by atoms with Crippen molar-refractivity contribution in [2.75, 3.05) is 6.61 Å². The molecule has 1 atom stereocenters. The van der Waals surface area contributed by atoms with Crippen LogP contribution in [0.2, 0.25) is 0 Å². The lowest BCUT2D eigenvalue weighted by molar-refractivity contribution is 0.0978. The molecule has 0 heterocycles. The molecule has 120 valence electrons. The summed E-state index contributed by atoms with van der Waals surface area (Å²) < 4.78 is 30.4. The van der Waals surface area contributed by atoms with Crippen LogP contribution in [0.3, 0.4) is 0 Å². The van der Waals surface area contributed by atoms with Crippen molar-refractivity contribution < 1.29 is 18.3 Å². The fourth-order valence-corrected chi connectivity index (χ4v) is 3.88. The minimum Gasteiger partial charge on any atom is -0.475 e. The third-order valence-electron chi connectivity index (χ3n) is 3.19. The van der Waals surface area contributed by atoms with Gasteiger partial charge in [-0.25, -0.2) is 8.42 Å². The average molecular weight is 325 g/mol. The molecular weight excluding hydrogens is 304 g/mol. The standard InChI is InChI=1S/C15H20N2O4S/c1-4-6-13(14(17-16)15(18)21-5-2)22(19,20)12-9-7-11(3)8-10-12/h7-10,13H,4-6H2,1-3H3/p+1/b15-14-. The average Bonchev–Trinajstić information content (AvgIpc) is 2.48. The second-order valence-electron chi connectivity index (χ2n) is 4.86. The molecule has 0 fully saturated rings. The van der Waals surface area contributed by atoms with E-state index in [1.54, 1.807) is 19.1 Å². The summed E-state index contributed by atoms with van der Waals surface area (Å²) in [5.74, 6) is -0.667. The third kappa shape index (κ3) is 3.98. The van der Waals surface area contributed by atoms with E-state index in [-0.39, 0.29) is 23.6 Å². The zero-order valence-electron chi connectivity index (χ0n) is 13.0. The molecule has 1 rings (SSSR count). The summed E-state index contributed by atoms with van der Waals surface area (Å²) in [6, 6.07) is 6.38. The monoisotopic (exact) mass is 325 g/mol. The second-order valence-corrected chi connectivity index (χ2v) is 6.99. The fourth-order valence-electron chi connectivity index (χ4n) is 2.05. The summed E-state index contributed by atoms with van der Waals surface area (Å²) in [6.45, 7) is 5.43. The van der Waals surface area contributed by atoms with Crippen LogP contribution in [0.1, 0.15) is 32.3 Å². The molecule has 0 aromatic heterocycles. The van der Waals surface area contributed by atoms with Crippen LogP contribution in [0, 0.1) is 12.3 Å². The van der Waals surface area contributed by atoms with E-state index >= 15 is 0 Å². The minimum absolute atomic E-state index is 0.113. The summed E-state index contributed by atoms with van der Waals surface area (Å²) >= 11 is 0. The van der Waals surface area contributed by atoms with Gasteiger partial charge in [-0.15, -0.1) is 0 Å². The highest BCUT2D eigenvalue weighted by molar-refractivity contribution is 7.92. The summed E-state index contributed by atoms with van der Waals surface area (Å²) in [6.07, 6.45) is 0.737. The lowest BCUT2D eigenvalue weighted by Crippen LogP contribution is -2.24. The highest BCUT2D eigenvalue weighted by Crippen LogP contribution is 2.28. The van der Waals surface area contributed by atoms with Crippen LogP contribution in [0.25, 0.3) is 4.98 Å². The van der Waals surface area contributed by atoms with Gasteiger partial charge in [-0.05, 0) is 32.4 Å². The van der Waals surface area contributed by atoms with E-state index in [4.69, 9.17) is 10.1 Å². The van der Waals surface area contributed by atoms with Crippen LogP contribution in [-0.2, 0) is 14.6 Å². The van der Waals surface area contributed by atoms with Crippen LogP contribution in [-0.4, -0.2) is 25.4 Å². The Morgan fingerprint density at radius 1 is 1.32 bits per heavy atom. The Kier molecular flexibility index (Phi) is 6.38. The van der Waals surface area contributed by atoms with Crippen molar-refractivity contribution in [3.8, 4) is 0 Å². The molecular formula is C15H21N2O4S+. The summed E-state index contributed by atoms with van der Waals surface area (Å²) in [5, 5.41) is 17.8. The number of aliphatic hydroxyl groups excluding tert-OH is 1. The van der Waals surface area contributed by atoms with Crippen LogP contribution >= 0.6 is 0 Å². The number of aliphatic hydroxyl groups is 1. The van der Waals surface area contributed by atoms with Crippen molar-refractivity contribution in [2.45, 2.75) is 43.8 Å². The lowest BCUT2D eigenvalue weighted by atomic mass is 10.2. The van der Waals surface area contributed by atoms with E-state index in [1.807, 2.05) is 13.8 Å². The fraction of sp³-hybridized carbons (Fsp3) is 0.467. The molecule has 6 nitrogen and oxygen atoms in total. The summed E-state index contributed by atoms with van der Waals surface area (Å²) in [7, 11) is -3.81. The van der Waals surface area contributed by atoms with Crippen LogP contribution in [0.15, 0.2) is 40.8 Å². The van der Waals surface area contributed by atoms with Crippen LogP contribution < -0.4 is 0 Å². The molecule has 1 aromatic carbocycles. The number of nitrogens with zero attached hydrogens (tertiary/aromatic N) is 2. The zero-order chi connectivity index (χ0) is 16.8. The Labute approximate surface area is 131 Å². The van der Waals surface area contributed by atoms with Crippen LogP contribution in [0.5, 0.6) is 0 Å². The van der Waals surface area contributed by atoms with E-state index in [1.165, 1.54) is 12.1 Å². The quantitative estimate of drug-likeness (QED) is 0.611. The maximum atomic E-state index is 12.8. The summed E-state index contributed by atoms with van der Waals surface area (Å²) in [5.41, 5.74) is 0.565. The van der Waals surface area contributed by atoms with Gasteiger partial charge in [0.25, 0.3) is 0 Å². The Morgan fingerprint density at radius 3 is 2.36 bits per heavy atom. The van der Waals surface area contributed by atoms with Crippen molar-refractivity contribution in [3.63, 3.8) is 0 Å². The maximum absolute atomic E-state index is 12.8. The molecule has 0 bridgehead atoms. The van der Waals surface area contributed by atoms with E-state index in [0.717, 1.165) is 5.56 Å².